The first kappa shape index (κ1) is 15.0. The molecule has 0 bridgehead atoms. The Morgan fingerprint density at radius 2 is 1.14 bits per heavy atom. The van der Waals surface area contributed by atoms with Gasteiger partial charge in [0.2, 0.25) is 0 Å². The maximum absolute atomic E-state index is 5.86. The topological polar surface area (TPSA) is 70.5 Å². The van der Waals surface area contributed by atoms with Gasteiger partial charge >= 0.3 is 0 Å². The van der Waals surface area contributed by atoms with E-state index in [-0.39, 0.29) is 5.41 Å². The smallest absolute Gasteiger partial charge is 0.142 e. The van der Waals surface area contributed by atoms with Gasteiger partial charge in [-0.2, -0.15) is 0 Å². The normalized spacial score (nSPS) is 11.1. The highest BCUT2D eigenvalue weighted by Crippen LogP contribution is 2.26. The summed E-state index contributed by atoms with van der Waals surface area (Å²) in [5.41, 5.74) is 12.8. The SMILES string of the molecule is CC(C)(COc1ccccc1N)COc1ccccc1N. The van der Waals surface area contributed by atoms with Crippen molar-refractivity contribution in [2.75, 3.05) is 24.7 Å². The molecule has 0 aliphatic carbocycles. The summed E-state index contributed by atoms with van der Waals surface area (Å²) in [6.07, 6.45) is 0. The lowest BCUT2D eigenvalue weighted by Crippen LogP contribution is -2.29. The summed E-state index contributed by atoms with van der Waals surface area (Å²) in [6.45, 7) is 5.17. The van der Waals surface area contributed by atoms with E-state index in [0.717, 1.165) is 0 Å². The fraction of sp³-hybridized carbons (Fsp3) is 0.294. The first-order chi connectivity index (χ1) is 9.98. The lowest BCUT2D eigenvalue weighted by atomic mass is 9.96. The molecule has 0 aliphatic heterocycles. The number of hydrogen-bond acceptors (Lipinski definition) is 4. The second-order valence-corrected chi connectivity index (χ2v) is 5.82. The molecule has 0 saturated carbocycles. The van der Waals surface area contributed by atoms with E-state index in [1.165, 1.54) is 0 Å². The number of nitrogen functional groups attached to an aromatic ring is 2. The summed E-state index contributed by atoms with van der Waals surface area (Å²) < 4.78 is 11.6. The Labute approximate surface area is 125 Å². The molecule has 0 fully saturated rings. The Hall–Kier alpha value is -2.36. The van der Waals surface area contributed by atoms with Crippen LogP contribution in [0.15, 0.2) is 48.5 Å². The summed E-state index contributed by atoms with van der Waals surface area (Å²) >= 11 is 0. The first-order valence-corrected chi connectivity index (χ1v) is 6.92. The fourth-order valence-corrected chi connectivity index (χ4v) is 1.81. The molecule has 0 unspecified atom stereocenters. The summed E-state index contributed by atoms with van der Waals surface area (Å²) in [4.78, 5) is 0. The number of nitrogens with two attached hydrogens (primary N) is 2. The number of hydrogen-bond donors (Lipinski definition) is 2. The predicted molar refractivity (Wildman–Crippen MR) is 86.5 cm³/mol. The molecule has 4 heteroatoms. The molecular formula is C17H22N2O2. The predicted octanol–water partition coefficient (Wildman–Crippen LogP) is 3.34. The van der Waals surface area contributed by atoms with Crippen LogP contribution in [0.5, 0.6) is 11.5 Å². The van der Waals surface area contributed by atoms with Crippen LogP contribution in [-0.4, -0.2) is 13.2 Å². The Balaban J connectivity index is 1.90. The highest BCUT2D eigenvalue weighted by Gasteiger charge is 2.21. The van der Waals surface area contributed by atoms with Crippen molar-refractivity contribution in [2.45, 2.75) is 13.8 Å². The molecule has 2 aromatic rings. The van der Waals surface area contributed by atoms with Crippen LogP contribution in [0.2, 0.25) is 0 Å². The van der Waals surface area contributed by atoms with E-state index in [1.54, 1.807) is 0 Å². The average Bonchev–Trinajstić information content (AvgIpc) is 2.46. The van der Waals surface area contributed by atoms with Gasteiger partial charge in [0.15, 0.2) is 0 Å². The molecule has 0 saturated heterocycles. The van der Waals surface area contributed by atoms with E-state index >= 15 is 0 Å². The number of anilines is 2. The van der Waals surface area contributed by atoms with Gasteiger partial charge in [0.25, 0.3) is 0 Å². The summed E-state index contributed by atoms with van der Waals surface area (Å²) in [6, 6.07) is 14.9. The maximum Gasteiger partial charge on any atom is 0.142 e. The standard InChI is InChI=1S/C17H22N2O2/c1-17(2,11-20-15-9-5-3-7-13(15)18)12-21-16-10-6-4-8-14(16)19/h3-10H,11-12,18-19H2,1-2H3. The van der Waals surface area contributed by atoms with Gasteiger partial charge in [0, 0.05) is 5.41 Å². The minimum Gasteiger partial charge on any atom is -0.491 e. The third-order valence-electron chi connectivity index (χ3n) is 3.07. The molecule has 0 atom stereocenters. The van der Waals surface area contributed by atoms with Gasteiger partial charge in [-0.1, -0.05) is 38.1 Å². The Bertz CT molecular complexity index is 545. The number of rotatable bonds is 6. The van der Waals surface area contributed by atoms with E-state index in [1.807, 2.05) is 48.5 Å². The third kappa shape index (κ3) is 4.31. The van der Waals surface area contributed by atoms with E-state index in [4.69, 9.17) is 20.9 Å². The van der Waals surface area contributed by atoms with Gasteiger partial charge in [-0.3, -0.25) is 0 Å². The molecule has 0 heterocycles. The van der Waals surface area contributed by atoms with Crippen molar-refractivity contribution in [3.8, 4) is 11.5 Å². The molecule has 2 rings (SSSR count). The second-order valence-electron chi connectivity index (χ2n) is 5.82. The van der Waals surface area contributed by atoms with Crippen molar-refractivity contribution in [3.05, 3.63) is 48.5 Å². The maximum atomic E-state index is 5.86. The van der Waals surface area contributed by atoms with Crippen LogP contribution in [0.3, 0.4) is 0 Å². The van der Waals surface area contributed by atoms with Crippen LogP contribution in [0, 0.1) is 5.41 Å². The van der Waals surface area contributed by atoms with Gasteiger partial charge < -0.3 is 20.9 Å². The van der Waals surface area contributed by atoms with Crippen LogP contribution in [0.4, 0.5) is 11.4 Å². The molecule has 21 heavy (non-hydrogen) atoms. The highest BCUT2D eigenvalue weighted by atomic mass is 16.5. The zero-order valence-electron chi connectivity index (χ0n) is 12.5. The second kappa shape index (κ2) is 6.39. The Morgan fingerprint density at radius 3 is 1.52 bits per heavy atom. The van der Waals surface area contributed by atoms with Crippen LogP contribution < -0.4 is 20.9 Å². The Morgan fingerprint density at radius 1 is 0.762 bits per heavy atom. The summed E-state index contributed by atoms with van der Waals surface area (Å²) in [5.74, 6) is 1.40. The Kier molecular flexibility index (Phi) is 4.58. The van der Waals surface area contributed by atoms with Crippen molar-refractivity contribution in [2.24, 2.45) is 5.41 Å². The van der Waals surface area contributed by atoms with Crippen LogP contribution >= 0.6 is 0 Å². The minimum absolute atomic E-state index is 0.162. The molecule has 4 nitrogen and oxygen atoms in total. The highest BCUT2D eigenvalue weighted by molar-refractivity contribution is 5.52. The van der Waals surface area contributed by atoms with Crippen molar-refractivity contribution >= 4 is 11.4 Å². The summed E-state index contributed by atoms with van der Waals surface area (Å²) in [7, 11) is 0. The van der Waals surface area contributed by atoms with Gasteiger partial charge in [0.1, 0.15) is 11.5 Å². The molecule has 0 aliphatic rings. The zero-order valence-corrected chi connectivity index (χ0v) is 12.5. The molecule has 0 radical (unpaired) electrons. The van der Waals surface area contributed by atoms with Gasteiger partial charge in [-0.25, -0.2) is 0 Å². The van der Waals surface area contributed by atoms with E-state index in [9.17, 15) is 0 Å². The molecule has 0 spiro atoms. The van der Waals surface area contributed by atoms with Crippen molar-refractivity contribution < 1.29 is 9.47 Å². The number of ether oxygens (including phenoxy) is 2. The monoisotopic (exact) mass is 286 g/mol. The lowest BCUT2D eigenvalue weighted by molar-refractivity contribution is 0.111. The van der Waals surface area contributed by atoms with Gasteiger partial charge in [0.05, 0.1) is 24.6 Å². The van der Waals surface area contributed by atoms with Crippen molar-refractivity contribution in [3.63, 3.8) is 0 Å². The van der Waals surface area contributed by atoms with E-state index in [0.29, 0.717) is 36.1 Å². The van der Waals surface area contributed by atoms with Crippen molar-refractivity contribution in [1.29, 1.82) is 0 Å². The van der Waals surface area contributed by atoms with Crippen LogP contribution in [0.25, 0.3) is 0 Å². The number of benzene rings is 2. The van der Waals surface area contributed by atoms with Crippen LogP contribution in [-0.2, 0) is 0 Å². The molecule has 2 aromatic carbocycles. The largest absolute Gasteiger partial charge is 0.491 e. The fourth-order valence-electron chi connectivity index (χ4n) is 1.81. The van der Waals surface area contributed by atoms with E-state index < -0.39 is 0 Å². The molecule has 0 aromatic heterocycles. The number of para-hydroxylation sites is 4. The molecular weight excluding hydrogens is 264 g/mol. The molecule has 4 N–H and O–H groups in total. The lowest BCUT2D eigenvalue weighted by Gasteiger charge is -2.25. The molecule has 112 valence electrons. The zero-order chi connectivity index (χ0) is 15.3. The summed E-state index contributed by atoms with van der Waals surface area (Å²) in [5, 5.41) is 0. The van der Waals surface area contributed by atoms with Crippen molar-refractivity contribution in [1.82, 2.24) is 0 Å². The minimum atomic E-state index is -0.162. The third-order valence-corrected chi connectivity index (χ3v) is 3.07. The quantitative estimate of drug-likeness (QED) is 0.799. The van der Waals surface area contributed by atoms with Crippen LogP contribution in [0.1, 0.15) is 13.8 Å². The van der Waals surface area contributed by atoms with Gasteiger partial charge in [-0.05, 0) is 24.3 Å². The molecule has 0 amide bonds. The van der Waals surface area contributed by atoms with Gasteiger partial charge in [-0.15, -0.1) is 0 Å². The first-order valence-electron chi connectivity index (χ1n) is 6.92. The average molecular weight is 286 g/mol. The van der Waals surface area contributed by atoms with E-state index in [2.05, 4.69) is 13.8 Å².